The van der Waals surface area contributed by atoms with Gasteiger partial charge in [0.05, 0.1) is 11.4 Å². The Morgan fingerprint density at radius 1 is 0.536 bits per heavy atom. The summed E-state index contributed by atoms with van der Waals surface area (Å²) >= 11 is 0. The number of fused-ring (bicyclic) bond motifs is 6. The van der Waals surface area contributed by atoms with Crippen LogP contribution in [0.25, 0.3) is 77.4 Å². The number of allylic oxidation sites excluding steroid dienone is 3. The lowest BCUT2D eigenvalue weighted by Crippen LogP contribution is -2.08. The molecule has 0 unspecified atom stereocenters. The highest BCUT2D eigenvalue weighted by Gasteiger charge is 2.19. The number of benzene rings is 7. The maximum Gasteiger partial charge on any atom is 0.143 e. The van der Waals surface area contributed by atoms with Crippen LogP contribution in [0.4, 0.5) is 0 Å². The third-order valence-corrected chi connectivity index (χ3v) is 10.9. The fraction of sp³-hybridized carbons (Fsp3) is 0.113. The van der Waals surface area contributed by atoms with Crippen LogP contribution in [-0.4, -0.2) is 5.71 Å². The molecule has 272 valence electrons. The largest absolute Gasteiger partial charge is 0.456 e. The average Bonchev–Trinajstić information content (AvgIpc) is 3.84. The summed E-state index contributed by atoms with van der Waals surface area (Å²) in [7, 11) is 0. The molecule has 2 heterocycles. The van der Waals surface area contributed by atoms with Crippen molar-refractivity contribution in [3.63, 3.8) is 0 Å². The Labute approximate surface area is 328 Å². The molecule has 0 spiro atoms. The van der Waals surface area contributed by atoms with Gasteiger partial charge in [-0.25, -0.2) is 4.99 Å². The first kappa shape index (κ1) is 35.0. The summed E-state index contributed by atoms with van der Waals surface area (Å²) in [5.41, 5.74) is 15.8. The summed E-state index contributed by atoms with van der Waals surface area (Å²) in [5.74, 6) is 0. The van der Waals surface area contributed by atoms with Crippen molar-refractivity contribution in [2.75, 3.05) is 0 Å². The standard InChI is InChI=1S/C53H43NO2/c1-4-6-28-47(54-52(37-20-11-8-12-21-37)41(5-2)35(3)36-18-9-7-10-19-36)40-23-15-22-38(33-40)39-31-32-49-46(34-39)51-43(25-17-30-50(51)55-49)45-27-16-26-44-42-24-13-14-29-48(42)56-53(44)45/h7-34H,4-6H2,1-3H3/b41-35+,47-28+,54-52+. The minimum Gasteiger partial charge on any atom is -0.456 e. The van der Waals surface area contributed by atoms with Gasteiger partial charge in [0, 0.05) is 38.2 Å². The van der Waals surface area contributed by atoms with E-state index in [0.717, 1.165) is 108 Å². The van der Waals surface area contributed by atoms with Crippen molar-refractivity contribution in [2.24, 2.45) is 4.99 Å². The van der Waals surface area contributed by atoms with Gasteiger partial charge in [-0.15, -0.1) is 0 Å². The molecule has 9 aromatic rings. The molecular weight excluding hydrogens is 683 g/mol. The maximum atomic E-state index is 6.50. The summed E-state index contributed by atoms with van der Waals surface area (Å²) in [5, 5.41) is 4.40. The van der Waals surface area contributed by atoms with Gasteiger partial charge >= 0.3 is 0 Å². The van der Waals surface area contributed by atoms with E-state index >= 15 is 0 Å². The normalized spacial score (nSPS) is 12.9. The van der Waals surface area contributed by atoms with Gasteiger partial charge in [0.15, 0.2) is 0 Å². The van der Waals surface area contributed by atoms with Crippen LogP contribution < -0.4 is 0 Å². The lowest BCUT2D eigenvalue weighted by atomic mass is 9.92. The summed E-state index contributed by atoms with van der Waals surface area (Å²) < 4.78 is 13.0. The first-order valence-corrected chi connectivity index (χ1v) is 19.7. The quantitative estimate of drug-likeness (QED) is 0.132. The highest BCUT2D eigenvalue weighted by atomic mass is 16.3. The van der Waals surface area contributed by atoms with Gasteiger partial charge in [0.25, 0.3) is 0 Å². The molecule has 0 N–H and O–H groups in total. The molecule has 9 rings (SSSR count). The molecule has 0 bridgehead atoms. The van der Waals surface area contributed by atoms with E-state index in [2.05, 4.69) is 179 Å². The highest BCUT2D eigenvalue weighted by Crippen LogP contribution is 2.42. The molecule has 0 amide bonds. The molecule has 0 aliphatic heterocycles. The Bertz CT molecular complexity index is 2960. The number of hydrogen-bond donors (Lipinski definition) is 0. The maximum absolute atomic E-state index is 6.50. The lowest BCUT2D eigenvalue weighted by molar-refractivity contribution is 0.668. The second-order valence-corrected chi connectivity index (χ2v) is 14.4. The van der Waals surface area contributed by atoms with Crippen LogP contribution >= 0.6 is 0 Å². The molecule has 7 aromatic carbocycles. The Kier molecular flexibility index (Phi) is 9.51. The van der Waals surface area contributed by atoms with Gasteiger partial charge in [-0.2, -0.15) is 0 Å². The van der Waals surface area contributed by atoms with Crippen LogP contribution in [-0.2, 0) is 0 Å². The fourth-order valence-electron chi connectivity index (χ4n) is 8.05. The van der Waals surface area contributed by atoms with Crippen molar-refractivity contribution >= 4 is 60.9 Å². The van der Waals surface area contributed by atoms with Crippen LogP contribution in [0.3, 0.4) is 0 Å². The van der Waals surface area contributed by atoms with Gasteiger partial charge in [-0.05, 0) is 83.5 Å². The zero-order chi connectivity index (χ0) is 38.0. The van der Waals surface area contributed by atoms with Crippen molar-refractivity contribution in [1.82, 2.24) is 0 Å². The van der Waals surface area contributed by atoms with Gasteiger partial charge in [0.2, 0.25) is 0 Å². The lowest BCUT2D eigenvalue weighted by Gasteiger charge is -2.16. The first-order chi connectivity index (χ1) is 27.6. The summed E-state index contributed by atoms with van der Waals surface area (Å²) in [4.78, 5) is 5.57. The van der Waals surface area contributed by atoms with Gasteiger partial charge in [-0.3, -0.25) is 0 Å². The van der Waals surface area contributed by atoms with E-state index < -0.39 is 0 Å². The predicted molar refractivity (Wildman–Crippen MR) is 237 cm³/mol. The van der Waals surface area contributed by atoms with Crippen molar-refractivity contribution < 1.29 is 8.83 Å². The smallest absolute Gasteiger partial charge is 0.143 e. The van der Waals surface area contributed by atoms with E-state index in [1.54, 1.807) is 0 Å². The number of aliphatic imine (C=N–C) groups is 1. The Balaban J connectivity index is 1.17. The van der Waals surface area contributed by atoms with Crippen molar-refractivity contribution in [3.8, 4) is 22.3 Å². The minimum absolute atomic E-state index is 0.856. The number of hydrogen-bond acceptors (Lipinski definition) is 3. The molecule has 3 nitrogen and oxygen atoms in total. The second-order valence-electron chi connectivity index (χ2n) is 14.4. The molecule has 0 saturated heterocycles. The number of unbranched alkanes of at least 4 members (excludes halogenated alkanes) is 1. The molecule has 0 aliphatic rings. The Hall–Kier alpha value is -6.71. The van der Waals surface area contributed by atoms with Crippen molar-refractivity contribution in [1.29, 1.82) is 0 Å². The Morgan fingerprint density at radius 2 is 1.18 bits per heavy atom. The highest BCUT2D eigenvalue weighted by molar-refractivity contribution is 6.19. The van der Waals surface area contributed by atoms with Crippen molar-refractivity contribution in [2.45, 2.75) is 40.0 Å². The second kappa shape index (κ2) is 15.2. The molecule has 0 aliphatic carbocycles. The van der Waals surface area contributed by atoms with Crippen molar-refractivity contribution in [3.05, 3.63) is 192 Å². The molecular formula is C53H43NO2. The topological polar surface area (TPSA) is 38.6 Å². The summed E-state index contributed by atoms with van der Waals surface area (Å²) in [6.45, 7) is 6.67. The molecule has 0 atom stereocenters. The Morgan fingerprint density at radius 3 is 1.98 bits per heavy atom. The van der Waals surface area contributed by atoms with Crippen LogP contribution in [0.15, 0.2) is 189 Å². The van der Waals surface area contributed by atoms with E-state index in [1.165, 1.54) is 16.7 Å². The van der Waals surface area contributed by atoms with Crippen LogP contribution in [0.1, 0.15) is 56.7 Å². The molecule has 0 radical (unpaired) electrons. The fourth-order valence-corrected chi connectivity index (χ4v) is 8.05. The SMILES string of the molecule is CCC/C=C(/N=C(/C(CC)=C(\C)c1ccccc1)c1ccccc1)c1cccc(-c2ccc3oc4cccc(-c5cccc6c5oc5ccccc56)c4c3c2)c1. The summed E-state index contributed by atoms with van der Waals surface area (Å²) in [6.07, 6.45) is 5.13. The van der Waals surface area contributed by atoms with E-state index in [-0.39, 0.29) is 0 Å². The zero-order valence-electron chi connectivity index (χ0n) is 32.1. The minimum atomic E-state index is 0.856. The summed E-state index contributed by atoms with van der Waals surface area (Å²) in [6, 6.07) is 57.6. The average molecular weight is 726 g/mol. The molecule has 0 saturated carbocycles. The van der Waals surface area contributed by atoms with E-state index in [1.807, 2.05) is 12.1 Å². The van der Waals surface area contributed by atoms with Crippen LogP contribution in [0, 0.1) is 0 Å². The van der Waals surface area contributed by atoms with Gasteiger partial charge < -0.3 is 8.83 Å². The number of furan rings is 2. The van der Waals surface area contributed by atoms with Crippen LogP contribution in [0.5, 0.6) is 0 Å². The van der Waals surface area contributed by atoms with E-state index in [0.29, 0.717) is 0 Å². The predicted octanol–water partition coefficient (Wildman–Crippen LogP) is 15.3. The number of para-hydroxylation sites is 2. The number of rotatable bonds is 10. The molecule has 2 aromatic heterocycles. The van der Waals surface area contributed by atoms with E-state index in [4.69, 9.17) is 13.8 Å². The van der Waals surface area contributed by atoms with Gasteiger partial charge in [-0.1, -0.05) is 160 Å². The van der Waals surface area contributed by atoms with Gasteiger partial charge in [0.1, 0.15) is 22.3 Å². The number of nitrogens with zero attached hydrogens (tertiary/aromatic N) is 1. The first-order valence-electron chi connectivity index (χ1n) is 19.7. The van der Waals surface area contributed by atoms with E-state index in [9.17, 15) is 0 Å². The third kappa shape index (κ3) is 6.46. The zero-order valence-corrected chi connectivity index (χ0v) is 32.1. The molecule has 56 heavy (non-hydrogen) atoms. The van der Waals surface area contributed by atoms with Crippen LogP contribution in [0.2, 0.25) is 0 Å². The monoisotopic (exact) mass is 725 g/mol. The molecule has 0 fully saturated rings. The molecule has 3 heteroatoms. The third-order valence-electron chi connectivity index (χ3n) is 10.9.